The number of nitriles is 1. The summed E-state index contributed by atoms with van der Waals surface area (Å²) in [5.41, 5.74) is 7.45. The van der Waals surface area contributed by atoms with Gasteiger partial charge in [0.15, 0.2) is 5.82 Å². The minimum absolute atomic E-state index is 0.0468. The molecule has 0 spiro atoms. The first-order valence-corrected chi connectivity index (χ1v) is 19.3. The highest BCUT2D eigenvalue weighted by Gasteiger charge is 2.20. The number of aromatic amines is 1. The van der Waals surface area contributed by atoms with E-state index in [0.29, 0.717) is 41.1 Å². The summed E-state index contributed by atoms with van der Waals surface area (Å²) in [5.74, 6) is 2.59. The molecule has 1 atom stereocenters. The number of nitrogens with one attached hydrogen (secondary N) is 3. The first kappa shape index (κ1) is 40.1. The lowest BCUT2D eigenvalue weighted by Crippen LogP contribution is -2.44. The molecule has 3 heterocycles. The van der Waals surface area contributed by atoms with Gasteiger partial charge < -0.3 is 29.7 Å². The summed E-state index contributed by atoms with van der Waals surface area (Å²) in [7, 11) is 0. The molecule has 1 aliphatic rings. The number of nitrogens with zero attached hydrogens (tertiary/aromatic N) is 6. The van der Waals surface area contributed by atoms with E-state index in [4.69, 9.17) is 25.8 Å². The number of rotatable bonds is 17. The number of hydrogen-bond acceptors (Lipinski definition) is 11. The number of halogens is 1. The van der Waals surface area contributed by atoms with E-state index in [9.17, 15) is 10.1 Å². The summed E-state index contributed by atoms with van der Waals surface area (Å²) >= 11 is 6.84. The number of H-pyrrole nitrogens is 1. The molecule has 13 nitrogen and oxygen atoms in total. The highest BCUT2D eigenvalue weighted by Crippen LogP contribution is 2.36. The zero-order valence-electron chi connectivity index (χ0n) is 32.3. The second-order valence-electron chi connectivity index (χ2n) is 14.1. The lowest BCUT2D eigenvalue weighted by molar-refractivity contribution is -0.119. The molecule has 0 bridgehead atoms. The van der Waals surface area contributed by atoms with Crippen molar-refractivity contribution in [1.29, 1.82) is 5.26 Å². The zero-order chi connectivity index (χ0) is 39.4. The molecule has 3 N–H and O–H groups in total. The normalized spacial score (nSPS) is 13.9. The first-order chi connectivity index (χ1) is 27.2. The predicted octanol–water partition coefficient (Wildman–Crippen LogP) is 6.78. The van der Waals surface area contributed by atoms with Gasteiger partial charge in [0.25, 0.3) is 0 Å². The molecule has 0 saturated carbocycles. The fourth-order valence-corrected chi connectivity index (χ4v) is 7.11. The van der Waals surface area contributed by atoms with E-state index < -0.39 is 0 Å². The Balaban J connectivity index is 1.11. The Morgan fingerprint density at radius 1 is 0.982 bits per heavy atom. The van der Waals surface area contributed by atoms with Crippen molar-refractivity contribution >= 4 is 17.5 Å². The summed E-state index contributed by atoms with van der Waals surface area (Å²) in [5, 5.41) is 30.4. The standard InChI is InChI=1S/C42H48ClN9O4/c1-27-33(8-5-9-36(27)37-10-6-11-39(28(37)2)54-17-7-14-52-15-12-35(13-16-52)47-30(4)53)26-56-41-20-40(55-25-32-18-31(21-44)22-45-23-32)34(19-38(41)43)24-46-29(3)42-48-50-51-49-42/h5-6,8-11,18-20,22-23,29,35,46H,7,12-17,24-26H2,1-4H3,(H,47,53)(H,48,49,50,51). The Hall–Kier alpha value is -5.55. The second-order valence-corrected chi connectivity index (χ2v) is 14.5. The Bertz CT molecular complexity index is 2130. The Morgan fingerprint density at radius 2 is 1.75 bits per heavy atom. The van der Waals surface area contributed by atoms with Crippen LogP contribution >= 0.6 is 11.6 Å². The van der Waals surface area contributed by atoms with Gasteiger partial charge in [-0.3, -0.25) is 9.78 Å². The lowest BCUT2D eigenvalue weighted by atomic mass is 9.93. The Morgan fingerprint density at radius 3 is 2.50 bits per heavy atom. The smallest absolute Gasteiger partial charge is 0.217 e. The van der Waals surface area contributed by atoms with Gasteiger partial charge in [-0.05, 0) is 96.5 Å². The Labute approximate surface area is 332 Å². The summed E-state index contributed by atoms with van der Waals surface area (Å²) in [6.07, 6.45) is 6.09. The average molecular weight is 778 g/mol. The molecule has 1 saturated heterocycles. The maximum atomic E-state index is 11.4. The SMILES string of the molecule is CC(=O)NC1CCN(CCCOc2cccc(-c3cccc(COc4cc(OCc5cncc(C#N)c5)c(CNC(C)c5nnn[nH]5)cc4Cl)c3C)c2C)CC1. The molecule has 0 radical (unpaired) electrons. The van der Waals surface area contributed by atoms with E-state index in [1.165, 1.54) is 6.20 Å². The molecule has 5 aromatic rings. The predicted molar refractivity (Wildman–Crippen MR) is 213 cm³/mol. The maximum absolute atomic E-state index is 11.4. The fourth-order valence-electron chi connectivity index (χ4n) is 6.87. The van der Waals surface area contributed by atoms with Crippen LogP contribution in [-0.4, -0.2) is 68.7 Å². The molecule has 2 aromatic heterocycles. The minimum atomic E-state index is -0.160. The van der Waals surface area contributed by atoms with Crippen LogP contribution in [0.3, 0.4) is 0 Å². The molecule has 14 heteroatoms. The maximum Gasteiger partial charge on any atom is 0.217 e. The second kappa shape index (κ2) is 19.4. The summed E-state index contributed by atoms with van der Waals surface area (Å²) < 4.78 is 19.0. The molecule has 6 rings (SSSR count). The van der Waals surface area contributed by atoms with Crippen molar-refractivity contribution in [2.75, 3.05) is 26.2 Å². The number of benzene rings is 3. The monoisotopic (exact) mass is 777 g/mol. The number of amides is 1. The molecule has 1 amide bonds. The highest BCUT2D eigenvalue weighted by molar-refractivity contribution is 6.32. The van der Waals surface area contributed by atoms with Crippen LogP contribution in [0.2, 0.25) is 5.02 Å². The average Bonchev–Trinajstić information content (AvgIpc) is 3.75. The molecule has 1 unspecified atom stereocenters. The highest BCUT2D eigenvalue weighted by atomic mass is 35.5. The van der Waals surface area contributed by atoms with Crippen molar-refractivity contribution in [2.45, 2.75) is 78.8 Å². The van der Waals surface area contributed by atoms with Gasteiger partial charge >= 0.3 is 0 Å². The first-order valence-electron chi connectivity index (χ1n) is 18.9. The zero-order valence-corrected chi connectivity index (χ0v) is 33.0. The molecular weight excluding hydrogens is 730 g/mol. The van der Waals surface area contributed by atoms with Gasteiger partial charge in [0.2, 0.25) is 5.91 Å². The fraction of sp³-hybridized carbons (Fsp3) is 0.381. The lowest BCUT2D eigenvalue weighted by Gasteiger charge is -2.32. The molecule has 1 aliphatic heterocycles. The molecule has 3 aromatic carbocycles. The van der Waals surface area contributed by atoms with Crippen LogP contribution in [-0.2, 0) is 24.6 Å². The quantitative estimate of drug-likeness (QED) is 0.0853. The topological polar surface area (TPSA) is 163 Å². The minimum Gasteiger partial charge on any atom is -0.493 e. The van der Waals surface area contributed by atoms with Crippen LogP contribution in [0.1, 0.15) is 78.4 Å². The van der Waals surface area contributed by atoms with Crippen molar-refractivity contribution in [1.82, 2.24) is 41.1 Å². The van der Waals surface area contributed by atoms with Gasteiger partial charge in [-0.25, -0.2) is 5.10 Å². The van der Waals surface area contributed by atoms with Crippen molar-refractivity contribution in [2.24, 2.45) is 0 Å². The van der Waals surface area contributed by atoms with E-state index in [0.717, 1.165) is 83.6 Å². The van der Waals surface area contributed by atoms with Gasteiger partial charge in [-0.15, -0.1) is 5.10 Å². The molecular formula is C42H48ClN9O4. The Kier molecular flexibility index (Phi) is 13.9. The van der Waals surface area contributed by atoms with Crippen LogP contribution in [0.25, 0.3) is 11.1 Å². The number of aromatic nitrogens is 5. The van der Waals surface area contributed by atoms with E-state index >= 15 is 0 Å². The summed E-state index contributed by atoms with van der Waals surface area (Å²) in [6, 6.07) is 20.1. The van der Waals surface area contributed by atoms with Crippen LogP contribution in [0, 0.1) is 25.2 Å². The van der Waals surface area contributed by atoms with Gasteiger partial charge in [0, 0.05) is 68.7 Å². The van der Waals surface area contributed by atoms with Crippen LogP contribution < -0.4 is 24.8 Å². The van der Waals surface area contributed by atoms with E-state index in [-0.39, 0.29) is 31.2 Å². The van der Waals surface area contributed by atoms with Gasteiger partial charge in [0.1, 0.15) is 36.5 Å². The number of carbonyl (C=O) groups is 1. The van der Waals surface area contributed by atoms with Crippen LogP contribution in [0.5, 0.6) is 17.2 Å². The number of likely N-dealkylation sites (tertiary alicyclic amines) is 1. The van der Waals surface area contributed by atoms with Crippen LogP contribution in [0.4, 0.5) is 0 Å². The van der Waals surface area contributed by atoms with E-state index in [1.807, 2.05) is 31.2 Å². The van der Waals surface area contributed by atoms with Crippen molar-refractivity contribution in [3.8, 4) is 34.4 Å². The van der Waals surface area contributed by atoms with Crippen LogP contribution in [0.15, 0.2) is 67.0 Å². The van der Waals surface area contributed by atoms with E-state index in [2.05, 4.69) is 79.3 Å². The third-order valence-corrected chi connectivity index (χ3v) is 10.4. The number of piperidine rings is 1. The van der Waals surface area contributed by atoms with Gasteiger partial charge in [-0.1, -0.05) is 41.9 Å². The number of carbonyl (C=O) groups excluding carboxylic acids is 1. The number of ether oxygens (including phenoxy) is 3. The van der Waals surface area contributed by atoms with Gasteiger partial charge in [-0.2, -0.15) is 5.26 Å². The number of hydrogen-bond donors (Lipinski definition) is 3. The molecule has 56 heavy (non-hydrogen) atoms. The molecule has 0 aliphatic carbocycles. The van der Waals surface area contributed by atoms with Crippen molar-refractivity contribution in [3.63, 3.8) is 0 Å². The summed E-state index contributed by atoms with van der Waals surface area (Å²) in [4.78, 5) is 18.0. The van der Waals surface area contributed by atoms with Crippen molar-refractivity contribution < 1.29 is 19.0 Å². The molecule has 1 fully saturated rings. The number of tetrazole rings is 1. The number of pyridine rings is 1. The third kappa shape index (κ3) is 10.6. The third-order valence-electron chi connectivity index (χ3n) is 10.1. The molecule has 292 valence electrons. The largest absolute Gasteiger partial charge is 0.493 e. The van der Waals surface area contributed by atoms with Crippen molar-refractivity contribution in [3.05, 3.63) is 111 Å². The van der Waals surface area contributed by atoms with E-state index in [1.54, 1.807) is 25.3 Å². The summed E-state index contributed by atoms with van der Waals surface area (Å²) in [6.45, 7) is 12.2. The van der Waals surface area contributed by atoms with Gasteiger partial charge in [0.05, 0.1) is 23.2 Å².